The summed E-state index contributed by atoms with van der Waals surface area (Å²) >= 11 is 0.921. The standard InChI is InChI=1S/C22H18F5N3O2S/c1-12-8-18(21(32)28-6-7-31)29-11-16(12)20(15-9-14(23)3-4-17(15)24)33-19-5-2-13(10-30-19)22(25,26)27/h2-5,8-11,20,31H,6-7H2,1H3,(H,28,32). The summed E-state index contributed by atoms with van der Waals surface area (Å²) in [5.74, 6) is -1.93. The second kappa shape index (κ2) is 10.3. The van der Waals surface area contributed by atoms with E-state index in [1.165, 1.54) is 12.3 Å². The Bertz CT molecular complexity index is 1140. The van der Waals surface area contributed by atoms with E-state index in [0.29, 0.717) is 17.3 Å². The van der Waals surface area contributed by atoms with E-state index < -0.39 is 34.5 Å². The summed E-state index contributed by atoms with van der Waals surface area (Å²) in [6.07, 6.45) is -2.56. The Morgan fingerprint density at radius 2 is 1.85 bits per heavy atom. The number of nitrogens with zero attached hydrogens (tertiary/aromatic N) is 2. The van der Waals surface area contributed by atoms with E-state index in [2.05, 4.69) is 15.3 Å². The van der Waals surface area contributed by atoms with Gasteiger partial charge in [0.05, 0.1) is 22.4 Å². The first-order valence-electron chi connectivity index (χ1n) is 9.60. The number of carbonyl (C=O) groups excluding carboxylic acids is 1. The largest absolute Gasteiger partial charge is 0.417 e. The summed E-state index contributed by atoms with van der Waals surface area (Å²) < 4.78 is 67.1. The zero-order chi connectivity index (χ0) is 24.2. The third kappa shape index (κ3) is 6.05. The van der Waals surface area contributed by atoms with Gasteiger partial charge in [0.2, 0.25) is 0 Å². The topological polar surface area (TPSA) is 75.1 Å². The zero-order valence-corrected chi connectivity index (χ0v) is 18.0. The number of aliphatic hydroxyl groups is 1. The summed E-state index contributed by atoms with van der Waals surface area (Å²) in [5.41, 5.74) is 0.0125. The van der Waals surface area contributed by atoms with E-state index in [1.54, 1.807) is 6.92 Å². The monoisotopic (exact) mass is 483 g/mol. The molecule has 3 aromatic rings. The molecule has 11 heteroatoms. The molecule has 0 aliphatic carbocycles. The first kappa shape index (κ1) is 24.6. The molecule has 0 fully saturated rings. The number of hydrogen-bond acceptors (Lipinski definition) is 5. The number of rotatable bonds is 7. The van der Waals surface area contributed by atoms with Crippen LogP contribution in [0.15, 0.2) is 53.8 Å². The van der Waals surface area contributed by atoms with Crippen molar-refractivity contribution >= 4 is 17.7 Å². The number of pyridine rings is 2. The maximum absolute atomic E-state index is 14.6. The number of aryl methyl sites for hydroxylation is 1. The number of nitrogens with one attached hydrogen (secondary N) is 1. The molecule has 0 aliphatic rings. The Balaban J connectivity index is 2.01. The highest BCUT2D eigenvalue weighted by molar-refractivity contribution is 7.99. The molecule has 1 amide bonds. The highest BCUT2D eigenvalue weighted by atomic mass is 32.2. The van der Waals surface area contributed by atoms with Gasteiger partial charge in [-0.2, -0.15) is 13.2 Å². The minimum Gasteiger partial charge on any atom is -0.395 e. The van der Waals surface area contributed by atoms with E-state index in [0.717, 1.165) is 42.1 Å². The molecule has 174 valence electrons. The van der Waals surface area contributed by atoms with Crippen LogP contribution >= 0.6 is 11.8 Å². The number of hydrogen-bond donors (Lipinski definition) is 2. The van der Waals surface area contributed by atoms with Gasteiger partial charge in [0.15, 0.2) is 0 Å². The molecule has 2 heterocycles. The maximum atomic E-state index is 14.6. The lowest BCUT2D eigenvalue weighted by Crippen LogP contribution is -2.27. The number of halogens is 5. The summed E-state index contributed by atoms with van der Waals surface area (Å²) in [7, 11) is 0. The molecular formula is C22H18F5N3O2S. The van der Waals surface area contributed by atoms with Crippen LogP contribution in [-0.4, -0.2) is 34.1 Å². The van der Waals surface area contributed by atoms with Crippen LogP contribution in [0.5, 0.6) is 0 Å². The van der Waals surface area contributed by atoms with Crippen LogP contribution in [0, 0.1) is 18.6 Å². The molecule has 0 bridgehead atoms. The minimum absolute atomic E-state index is 0.0356. The zero-order valence-electron chi connectivity index (χ0n) is 17.2. The van der Waals surface area contributed by atoms with Gasteiger partial charge in [-0.25, -0.2) is 13.8 Å². The van der Waals surface area contributed by atoms with Gasteiger partial charge in [-0.1, -0.05) is 11.8 Å². The van der Waals surface area contributed by atoms with Crippen LogP contribution in [0.4, 0.5) is 22.0 Å². The Kier molecular flexibility index (Phi) is 7.65. The molecule has 33 heavy (non-hydrogen) atoms. The van der Waals surface area contributed by atoms with E-state index in [1.807, 2.05) is 0 Å². The fourth-order valence-electron chi connectivity index (χ4n) is 2.97. The average molecular weight is 483 g/mol. The van der Waals surface area contributed by atoms with Crippen molar-refractivity contribution < 1.29 is 31.9 Å². The van der Waals surface area contributed by atoms with Crippen molar-refractivity contribution in [1.29, 1.82) is 0 Å². The van der Waals surface area contributed by atoms with Crippen molar-refractivity contribution in [1.82, 2.24) is 15.3 Å². The summed E-state index contributed by atoms with van der Waals surface area (Å²) in [6, 6.07) is 6.37. The van der Waals surface area contributed by atoms with Crippen LogP contribution in [-0.2, 0) is 6.18 Å². The minimum atomic E-state index is -4.56. The molecule has 2 N–H and O–H groups in total. The Labute approximate surface area is 190 Å². The number of alkyl halides is 3. The molecule has 2 aromatic heterocycles. The molecule has 0 radical (unpaired) electrons. The number of aliphatic hydroxyl groups excluding tert-OH is 1. The van der Waals surface area contributed by atoms with Crippen molar-refractivity contribution in [3.05, 3.63) is 88.4 Å². The smallest absolute Gasteiger partial charge is 0.395 e. The third-order valence-corrected chi connectivity index (χ3v) is 5.83. The Morgan fingerprint density at radius 3 is 2.45 bits per heavy atom. The SMILES string of the molecule is Cc1cc(C(=O)NCCO)ncc1C(Sc1ccc(C(F)(F)F)cn1)c1cc(F)ccc1F. The van der Waals surface area contributed by atoms with Crippen LogP contribution in [0.25, 0.3) is 0 Å². The second-order valence-corrected chi connectivity index (χ2v) is 8.08. The number of thioether (sulfide) groups is 1. The highest BCUT2D eigenvalue weighted by Gasteiger charge is 2.31. The average Bonchev–Trinajstić information content (AvgIpc) is 2.77. The molecule has 5 nitrogen and oxygen atoms in total. The van der Waals surface area contributed by atoms with E-state index >= 15 is 0 Å². The quantitative estimate of drug-likeness (QED) is 0.377. The number of carbonyl (C=O) groups is 1. The molecule has 3 rings (SSSR count). The lowest BCUT2D eigenvalue weighted by Gasteiger charge is -2.20. The Hall–Kier alpha value is -3.05. The molecule has 0 saturated carbocycles. The Morgan fingerprint density at radius 1 is 1.09 bits per heavy atom. The van der Waals surface area contributed by atoms with Crippen molar-refractivity contribution in [2.24, 2.45) is 0 Å². The molecule has 1 aromatic carbocycles. The summed E-state index contributed by atoms with van der Waals surface area (Å²) in [6.45, 7) is 1.43. The number of aromatic nitrogens is 2. The van der Waals surface area contributed by atoms with Crippen LogP contribution < -0.4 is 5.32 Å². The van der Waals surface area contributed by atoms with E-state index in [-0.39, 0.29) is 29.4 Å². The lowest BCUT2D eigenvalue weighted by atomic mass is 10.0. The predicted octanol–water partition coefficient (Wildman–Crippen LogP) is 4.69. The maximum Gasteiger partial charge on any atom is 0.417 e. The molecule has 1 unspecified atom stereocenters. The predicted molar refractivity (Wildman–Crippen MR) is 112 cm³/mol. The van der Waals surface area contributed by atoms with Gasteiger partial charge >= 0.3 is 6.18 Å². The van der Waals surface area contributed by atoms with Gasteiger partial charge in [-0.15, -0.1) is 0 Å². The van der Waals surface area contributed by atoms with E-state index in [9.17, 15) is 26.7 Å². The van der Waals surface area contributed by atoms with Crippen molar-refractivity contribution in [3.8, 4) is 0 Å². The lowest BCUT2D eigenvalue weighted by molar-refractivity contribution is -0.137. The summed E-state index contributed by atoms with van der Waals surface area (Å²) in [5, 5.41) is 10.5. The normalized spacial score (nSPS) is 12.5. The van der Waals surface area contributed by atoms with Crippen molar-refractivity contribution in [2.75, 3.05) is 13.2 Å². The molecule has 0 saturated heterocycles. The van der Waals surface area contributed by atoms with E-state index in [4.69, 9.17) is 5.11 Å². The van der Waals surface area contributed by atoms with Gasteiger partial charge in [-0.05, 0) is 54.4 Å². The molecule has 0 spiro atoms. The highest BCUT2D eigenvalue weighted by Crippen LogP contribution is 2.42. The second-order valence-electron chi connectivity index (χ2n) is 6.95. The fourth-order valence-corrected chi connectivity index (χ4v) is 4.16. The molecular weight excluding hydrogens is 465 g/mol. The fraction of sp³-hybridized carbons (Fsp3) is 0.227. The summed E-state index contributed by atoms with van der Waals surface area (Å²) in [4.78, 5) is 20.0. The van der Waals surface area contributed by atoms with Gasteiger partial charge < -0.3 is 10.4 Å². The van der Waals surface area contributed by atoms with Crippen LogP contribution in [0.2, 0.25) is 0 Å². The first-order chi connectivity index (χ1) is 15.6. The van der Waals surface area contributed by atoms with Gasteiger partial charge in [0.1, 0.15) is 17.3 Å². The molecule has 0 aliphatic heterocycles. The third-order valence-electron chi connectivity index (χ3n) is 4.61. The number of benzene rings is 1. The number of amides is 1. The molecule has 1 atom stereocenters. The van der Waals surface area contributed by atoms with Crippen molar-refractivity contribution in [3.63, 3.8) is 0 Å². The van der Waals surface area contributed by atoms with Crippen molar-refractivity contribution in [2.45, 2.75) is 23.4 Å². The van der Waals surface area contributed by atoms with Gasteiger partial charge in [0, 0.05) is 24.5 Å². The van der Waals surface area contributed by atoms with Crippen LogP contribution in [0.3, 0.4) is 0 Å². The van der Waals surface area contributed by atoms with Crippen LogP contribution in [0.1, 0.15) is 38.0 Å². The first-order valence-corrected chi connectivity index (χ1v) is 10.5. The van der Waals surface area contributed by atoms with Gasteiger partial charge in [0.25, 0.3) is 5.91 Å². The van der Waals surface area contributed by atoms with Gasteiger partial charge in [-0.3, -0.25) is 9.78 Å².